The van der Waals surface area contributed by atoms with Crippen LogP contribution in [0.15, 0.2) is 37.1 Å². The van der Waals surface area contributed by atoms with E-state index in [9.17, 15) is 14.0 Å². The molecule has 9 nitrogen and oxygen atoms in total. The van der Waals surface area contributed by atoms with Crippen molar-refractivity contribution in [2.45, 2.75) is 19.3 Å². The zero-order valence-corrected chi connectivity index (χ0v) is 20.7. The topological polar surface area (TPSA) is 102 Å². The van der Waals surface area contributed by atoms with Gasteiger partial charge in [0.2, 0.25) is 17.8 Å². The maximum atomic E-state index is 14.2. The van der Waals surface area contributed by atoms with E-state index in [1.807, 2.05) is 7.05 Å². The van der Waals surface area contributed by atoms with E-state index < -0.39 is 11.7 Å². The van der Waals surface area contributed by atoms with Gasteiger partial charge >= 0.3 is 0 Å². The van der Waals surface area contributed by atoms with Crippen molar-refractivity contribution < 1.29 is 14.0 Å². The van der Waals surface area contributed by atoms with Gasteiger partial charge < -0.3 is 25.8 Å². The average molecular weight is 504 g/mol. The molecule has 0 radical (unpaired) electrons. The molecule has 0 unspecified atom stereocenters. The monoisotopic (exact) mass is 503 g/mol. The molecule has 2 heterocycles. The minimum absolute atomic E-state index is 0.0929. The van der Waals surface area contributed by atoms with E-state index in [-0.39, 0.29) is 23.5 Å². The van der Waals surface area contributed by atoms with Gasteiger partial charge in [0.15, 0.2) is 0 Å². The highest BCUT2D eigenvalue weighted by atomic mass is 35.5. The van der Waals surface area contributed by atoms with Crippen LogP contribution < -0.4 is 20.9 Å². The average Bonchev–Trinajstić information content (AvgIpc) is 2.88. The molecule has 0 atom stereocenters. The number of carbonyl (C=O) groups excluding carboxylic acids is 2. The Kier molecular flexibility index (Phi) is 9.39. The summed E-state index contributed by atoms with van der Waals surface area (Å²) >= 11 is 6.24. The quantitative estimate of drug-likeness (QED) is 0.337. The number of nitrogens with one attached hydrogen (secondary N) is 3. The highest BCUT2D eigenvalue weighted by Crippen LogP contribution is 2.26. The molecule has 1 aromatic carbocycles. The Hall–Kier alpha value is -3.24. The van der Waals surface area contributed by atoms with E-state index in [0.29, 0.717) is 29.6 Å². The van der Waals surface area contributed by atoms with Gasteiger partial charge in [-0.15, -0.1) is 0 Å². The van der Waals surface area contributed by atoms with Gasteiger partial charge in [-0.2, -0.15) is 4.98 Å². The van der Waals surface area contributed by atoms with Crippen LogP contribution in [0.25, 0.3) is 0 Å². The van der Waals surface area contributed by atoms with Crippen LogP contribution in [-0.2, 0) is 9.59 Å². The number of hydrogen-bond donors (Lipinski definition) is 3. The molecule has 3 N–H and O–H groups in total. The first-order valence-electron chi connectivity index (χ1n) is 11.5. The van der Waals surface area contributed by atoms with Crippen molar-refractivity contribution in [2.75, 3.05) is 55.8 Å². The van der Waals surface area contributed by atoms with Crippen molar-refractivity contribution in [1.29, 1.82) is 0 Å². The number of halogens is 2. The van der Waals surface area contributed by atoms with Crippen LogP contribution in [-0.4, -0.2) is 67.0 Å². The van der Waals surface area contributed by atoms with Gasteiger partial charge in [0.1, 0.15) is 16.7 Å². The normalized spacial score (nSPS) is 13.7. The summed E-state index contributed by atoms with van der Waals surface area (Å²) in [5.41, 5.74) is 0.590. The largest absolute Gasteiger partial charge is 0.369 e. The second kappa shape index (κ2) is 12.5. The van der Waals surface area contributed by atoms with Gasteiger partial charge in [-0.05, 0) is 56.6 Å². The molecule has 1 aliphatic heterocycles. The Bertz CT molecular complexity index is 1060. The van der Waals surface area contributed by atoms with Gasteiger partial charge in [-0.3, -0.25) is 9.59 Å². The fourth-order valence-corrected chi connectivity index (χ4v) is 3.96. The minimum Gasteiger partial charge on any atom is -0.369 e. The van der Waals surface area contributed by atoms with Crippen molar-refractivity contribution in [3.63, 3.8) is 0 Å². The number of piperidine rings is 1. The first-order valence-corrected chi connectivity index (χ1v) is 11.9. The number of rotatable bonds is 10. The van der Waals surface area contributed by atoms with Crippen LogP contribution in [0.1, 0.15) is 19.3 Å². The summed E-state index contributed by atoms with van der Waals surface area (Å²) in [5.74, 6) is 0.00993. The van der Waals surface area contributed by atoms with Crippen molar-refractivity contribution in [3.8, 4) is 0 Å². The van der Waals surface area contributed by atoms with Crippen molar-refractivity contribution in [2.24, 2.45) is 5.92 Å². The lowest BCUT2D eigenvalue weighted by molar-refractivity contribution is -0.135. The van der Waals surface area contributed by atoms with Crippen molar-refractivity contribution in [3.05, 3.63) is 47.9 Å². The van der Waals surface area contributed by atoms with Gasteiger partial charge in [0, 0.05) is 38.8 Å². The first kappa shape index (κ1) is 26.4. The molecule has 2 amide bonds. The predicted molar refractivity (Wildman–Crippen MR) is 137 cm³/mol. The molecule has 11 heteroatoms. The fourth-order valence-electron chi connectivity index (χ4n) is 3.80. The number of carbonyl (C=O) groups is 2. The van der Waals surface area contributed by atoms with Crippen LogP contribution in [0.4, 0.5) is 27.5 Å². The lowest BCUT2D eigenvalue weighted by Crippen LogP contribution is -2.39. The van der Waals surface area contributed by atoms with Gasteiger partial charge in [0.05, 0.1) is 11.9 Å². The van der Waals surface area contributed by atoms with E-state index in [4.69, 9.17) is 11.6 Å². The summed E-state index contributed by atoms with van der Waals surface area (Å²) in [6.45, 7) is 6.39. The molecule has 1 aromatic heterocycles. The van der Waals surface area contributed by atoms with E-state index in [2.05, 4.69) is 32.5 Å². The molecule has 1 aliphatic rings. The Labute approximate surface area is 209 Å². The number of anilines is 4. The Morgan fingerprint density at radius 1 is 1.31 bits per heavy atom. The molecule has 0 bridgehead atoms. The molecule has 0 aliphatic carbocycles. The van der Waals surface area contributed by atoms with Crippen LogP contribution in [0.3, 0.4) is 0 Å². The standard InChI is InChI=1S/C24H31ClFN7O2/c1-4-21(34)33(3)20-14-17(6-7-19(20)26)30-24-29-15-18(25)22(31-24)28-10-5-13-32(2)23(35)16-8-11-27-12-9-16/h4,6-7,14-16,27H,1,5,8-13H2,2-3H3,(H2,28,29,30,31). The predicted octanol–water partition coefficient (Wildman–Crippen LogP) is 3.42. The first-order chi connectivity index (χ1) is 16.8. The van der Waals surface area contributed by atoms with Crippen LogP contribution in [0.2, 0.25) is 5.02 Å². The van der Waals surface area contributed by atoms with Crippen molar-refractivity contribution >= 4 is 46.6 Å². The molecule has 0 saturated carbocycles. The Morgan fingerprint density at radius 3 is 2.77 bits per heavy atom. The van der Waals surface area contributed by atoms with E-state index in [1.54, 1.807) is 4.90 Å². The van der Waals surface area contributed by atoms with Gasteiger partial charge in [0.25, 0.3) is 0 Å². The molecule has 3 rings (SSSR count). The summed E-state index contributed by atoms with van der Waals surface area (Å²) in [7, 11) is 3.30. The number of aromatic nitrogens is 2. The third-order valence-electron chi connectivity index (χ3n) is 5.84. The number of benzene rings is 1. The highest BCUT2D eigenvalue weighted by Gasteiger charge is 2.23. The molecule has 1 saturated heterocycles. The molecular weight excluding hydrogens is 473 g/mol. The van der Waals surface area contributed by atoms with E-state index in [0.717, 1.165) is 43.3 Å². The van der Waals surface area contributed by atoms with E-state index >= 15 is 0 Å². The molecule has 35 heavy (non-hydrogen) atoms. The van der Waals surface area contributed by atoms with Gasteiger partial charge in [-0.1, -0.05) is 18.2 Å². The summed E-state index contributed by atoms with van der Waals surface area (Å²) in [6.07, 6.45) is 5.06. The van der Waals surface area contributed by atoms with Crippen LogP contribution >= 0.6 is 11.6 Å². The second-order valence-corrected chi connectivity index (χ2v) is 8.75. The maximum Gasteiger partial charge on any atom is 0.250 e. The molecule has 1 fully saturated rings. The zero-order chi connectivity index (χ0) is 25.4. The highest BCUT2D eigenvalue weighted by molar-refractivity contribution is 6.32. The fraction of sp³-hybridized carbons (Fsp3) is 0.417. The zero-order valence-electron chi connectivity index (χ0n) is 20.0. The SMILES string of the molecule is C=CC(=O)N(C)c1cc(Nc2ncc(Cl)c(NCCCN(C)C(=O)C3CCNCC3)n2)ccc1F. The Balaban J connectivity index is 1.56. The van der Waals surface area contributed by atoms with Crippen molar-refractivity contribution in [1.82, 2.24) is 20.2 Å². The number of hydrogen-bond acceptors (Lipinski definition) is 7. The molecule has 0 spiro atoms. The number of nitrogens with zero attached hydrogens (tertiary/aromatic N) is 4. The third kappa shape index (κ3) is 7.12. The number of likely N-dealkylation sites (N-methyl/N-ethyl adjacent to an activating group) is 1. The lowest BCUT2D eigenvalue weighted by atomic mass is 9.97. The number of amides is 2. The molecule has 2 aromatic rings. The Morgan fingerprint density at radius 2 is 2.06 bits per heavy atom. The smallest absolute Gasteiger partial charge is 0.250 e. The third-order valence-corrected chi connectivity index (χ3v) is 6.12. The van der Waals surface area contributed by atoms with Crippen LogP contribution in [0.5, 0.6) is 0 Å². The van der Waals surface area contributed by atoms with E-state index in [1.165, 1.54) is 31.4 Å². The minimum atomic E-state index is -0.545. The summed E-state index contributed by atoms with van der Waals surface area (Å²) in [4.78, 5) is 35.9. The summed E-state index contributed by atoms with van der Waals surface area (Å²) < 4.78 is 14.2. The summed E-state index contributed by atoms with van der Waals surface area (Å²) in [6, 6.07) is 4.25. The second-order valence-electron chi connectivity index (χ2n) is 8.35. The lowest BCUT2D eigenvalue weighted by Gasteiger charge is -2.27. The maximum absolute atomic E-state index is 14.2. The van der Waals surface area contributed by atoms with Crippen LogP contribution in [0, 0.1) is 11.7 Å². The summed E-state index contributed by atoms with van der Waals surface area (Å²) in [5, 5.41) is 9.81. The molecular formula is C24H31ClFN7O2. The van der Waals surface area contributed by atoms with Gasteiger partial charge in [-0.25, -0.2) is 9.37 Å². The molecule has 188 valence electrons.